The average molecular weight is 208 g/mol. The second-order valence-electron chi connectivity index (χ2n) is 3.24. The van der Waals surface area contributed by atoms with Crippen LogP contribution in [0.1, 0.15) is 15.9 Å². The molecule has 1 aromatic carbocycles. The molecule has 0 N–H and O–H groups in total. The van der Waals surface area contributed by atoms with Crippen molar-refractivity contribution in [2.45, 2.75) is 6.42 Å². The monoisotopic (exact) mass is 208 g/mol. The van der Waals surface area contributed by atoms with E-state index >= 15 is 0 Å². The largest absolute Gasteiger partial charge is 0.492 e. The molecule has 2 rings (SSSR count). The van der Waals surface area contributed by atoms with Crippen molar-refractivity contribution in [2.75, 3.05) is 20.8 Å². The van der Waals surface area contributed by atoms with E-state index in [0.717, 1.165) is 18.3 Å². The zero-order valence-electron chi connectivity index (χ0n) is 8.70. The molecule has 4 nitrogen and oxygen atoms in total. The van der Waals surface area contributed by atoms with E-state index in [-0.39, 0.29) is 0 Å². The van der Waals surface area contributed by atoms with Gasteiger partial charge in [-0.05, 0) is 6.07 Å². The number of aldehydes is 1. The van der Waals surface area contributed by atoms with E-state index in [4.69, 9.17) is 14.2 Å². The van der Waals surface area contributed by atoms with Crippen LogP contribution in [0.3, 0.4) is 0 Å². The third-order valence-corrected chi connectivity index (χ3v) is 2.45. The number of hydrogen-bond donors (Lipinski definition) is 0. The molecule has 0 fully saturated rings. The van der Waals surface area contributed by atoms with Gasteiger partial charge in [0.2, 0.25) is 5.75 Å². The van der Waals surface area contributed by atoms with Crippen LogP contribution in [-0.4, -0.2) is 27.1 Å². The lowest BCUT2D eigenvalue weighted by Crippen LogP contribution is -1.98. The van der Waals surface area contributed by atoms with Gasteiger partial charge < -0.3 is 14.2 Å². The standard InChI is InChI=1S/C11H12O4/c1-13-9-8(6-12)5-7-3-4-15-10(7)11(9)14-2/h5-6H,3-4H2,1-2H3. The number of carbonyl (C=O) groups excluding carboxylic acids is 1. The molecule has 0 saturated heterocycles. The molecule has 0 spiro atoms. The van der Waals surface area contributed by atoms with Crippen molar-refractivity contribution < 1.29 is 19.0 Å². The average Bonchev–Trinajstić information content (AvgIpc) is 2.73. The molecule has 1 aliphatic rings. The molecule has 0 aromatic heterocycles. The van der Waals surface area contributed by atoms with Gasteiger partial charge in [-0.15, -0.1) is 0 Å². The number of carbonyl (C=O) groups is 1. The van der Waals surface area contributed by atoms with Crippen LogP contribution >= 0.6 is 0 Å². The van der Waals surface area contributed by atoms with Crippen molar-refractivity contribution in [3.63, 3.8) is 0 Å². The maximum Gasteiger partial charge on any atom is 0.204 e. The Hall–Kier alpha value is -1.71. The molecular formula is C11H12O4. The second kappa shape index (κ2) is 3.81. The molecule has 0 unspecified atom stereocenters. The summed E-state index contributed by atoms with van der Waals surface area (Å²) in [7, 11) is 3.04. The highest BCUT2D eigenvalue weighted by Crippen LogP contribution is 2.44. The topological polar surface area (TPSA) is 44.8 Å². The van der Waals surface area contributed by atoms with Crippen molar-refractivity contribution in [2.24, 2.45) is 0 Å². The number of ether oxygens (including phenoxy) is 3. The summed E-state index contributed by atoms with van der Waals surface area (Å²) in [6, 6.07) is 1.79. The Morgan fingerprint density at radius 3 is 2.67 bits per heavy atom. The van der Waals surface area contributed by atoms with Gasteiger partial charge >= 0.3 is 0 Å². The number of benzene rings is 1. The fraction of sp³-hybridized carbons (Fsp3) is 0.364. The molecule has 4 heteroatoms. The zero-order valence-corrected chi connectivity index (χ0v) is 8.70. The van der Waals surface area contributed by atoms with Crippen molar-refractivity contribution >= 4 is 6.29 Å². The predicted molar refractivity (Wildman–Crippen MR) is 54.1 cm³/mol. The number of methoxy groups -OCH3 is 2. The van der Waals surface area contributed by atoms with E-state index < -0.39 is 0 Å². The van der Waals surface area contributed by atoms with Gasteiger partial charge in [-0.25, -0.2) is 0 Å². The third kappa shape index (κ3) is 1.42. The van der Waals surface area contributed by atoms with Gasteiger partial charge in [0.1, 0.15) is 0 Å². The highest BCUT2D eigenvalue weighted by molar-refractivity contribution is 5.83. The van der Waals surface area contributed by atoms with Crippen LogP contribution < -0.4 is 14.2 Å². The van der Waals surface area contributed by atoms with Gasteiger partial charge in [0.05, 0.1) is 26.4 Å². The molecule has 1 heterocycles. The normalized spacial score (nSPS) is 12.9. The minimum atomic E-state index is 0.438. The predicted octanol–water partition coefficient (Wildman–Crippen LogP) is 1.45. The summed E-state index contributed by atoms with van der Waals surface area (Å²) in [5.74, 6) is 1.64. The number of rotatable bonds is 3. The highest BCUT2D eigenvalue weighted by atomic mass is 16.5. The van der Waals surface area contributed by atoms with Gasteiger partial charge in [-0.3, -0.25) is 4.79 Å². The minimum Gasteiger partial charge on any atom is -0.492 e. The van der Waals surface area contributed by atoms with Crippen LogP contribution in [0.4, 0.5) is 0 Å². The van der Waals surface area contributed by atoms with E-state index in [1.165, 1.54) is 14.2 Å². The van der Waals surface area contributed by atoms with Crippen LogP contribution in [0.5, 0.6) is 17.2 Å². The van der Waals surface area contributed by atoms with Crippen molar-refractivity contribution in [1.82, 2.24) is 0 Å². The summed E-state index contributed by atoms with van der Waals surface area (Å²) in [4.78, 5) is 10.9. The van der Waals surface area contributed by atoms with E-state index in [1.54, 1.807) is 6.07 Å². The fourth-order valence-electron chi connectivity index (χ4n) is 1.79. The van der Waals surface area contributed by atoms with Gasteiger partial charge in [-0.1, -0.05) is 0 Å². The molecule has 1 aromatic rings. The Kier molecular flexibility index (Phi) is 2.49. The van der Waals surface area contributed by atoms with E-state index in [0.29, 0.717) is 29.4 Å². The van der Waals surface area contributed by atoms with Gasteiger partial charge in [0.15, 0.2) is 17.8 Å². The summed E-state index contributed by atoms with van der Waals surface area (Å²) < 4.78 is 15.8. The summed E-state index contributed by atoms with van der Waals surface area (Å²) in [6.07, 6.45) is 1.57. The maximum absolute atomic E-state index is 10.9. The van der Waals surface area contributed by atoms with Gasteiger partial charge in [0.25, 0.3) is 0 Å². The molecular weight excluding hydrogens is 196 g/mol. The number of fused-ring (bicyclic) bond motifs is 1. The Bertz CT molecular complexity index is 398. The molecule has 1 aliphatic heterocycles. The van der Waals surface area contributed by atoms with Crippen LogP contribution in [0.2, 0.25) is 0 Å². The van der Waals surface area contributed by atoms with E-state index in [1.807, 2.05) is 0 Å². The van der Waals surface area contributed by atoms with Crippen molar-refractivity contribution in [3.8, 4) is 17.2 Å². The summed E-state index contributed by atoms with van der Waals surface area (Å²) >= 11 is 0. The first-order valence-corrected chi connectivity index (χ1v) is 4.67. The molecule has 0 bridgehead atoms. The fourth-order valence-corrected chi connectivity index (χ4v) is 1.79. The highest BCUT2D eigenvalue weighted by Gasteiger charge is 2.24. The van der Waals surface area contributed by atoms with Crippen LogP contribution in [-0.2, 0) is 6.42 Å². The lowest BCUT2D eigenvalue weighted by atomic mass is 10.1. The minimum absolute atomic E-state index is 0.438. The quantitative estimate of drug-likeness (QED) is 0.705. The van der Waals surface area contributed by atoms with Crippen LogP contribution in [0.15, 0.2) is 6.07 Å². The van der Waals surface area contributed by atoms with Gasteiger partial charge in [-0.2, -0.15) is 0 Å². The molecule has 80 valence electrons. The molecule has 0 atom stereocenters. The van der Waals surface area contributed by atoms with Crippen molar-refractivity contribution in [1.29, 1.82) is 0 Å². The molecule has 0 aliphatic carbocycles. The van der Waals surface area contributed by atoms with E-state index in [2.05, 4.69) is 0 Å². The summed E-state index contributed by atoms with van der Waals surface area (Å²) in [5.41, 5.74) is 1.49. The summed E-state index contributed by atoms with van der Waals surface area (Å²) in [6.45, 7) is 0.622. The summed E-state index contributed by atoms with van der Waals surface area (Å²) in [5, 5.41) is 0. The maximum atomic E-state index is 10.9. The second-order valence-corrected chi connectivity index (χ2v) is 3.24. The Labute approximate surface area is 87.8 Å². The first-order valence-electron chi connectivity index (χ1n) is 4.67. The lowest BCUT2D eigenvalue weighted by molar-refractivity contribution is 0.112. The lowest BCUT2D eigenvalue weighted by Gasteiger charge is -2.13. The first kappa shape index (κ1) is 9.83. The zero-order chi connectivity index (χ0) is 10.8. The molecule has 0 radical (unpaired) electrons. The van der Waals surface area contributed by atoms with Crippen molar-refractivity contribution in [3.05, 3.63) is 17.2 Å². The Balaban J connectivity index is 2.66. The SMILES string of the molecule is COc1c(C=O)cc2c(c1OC)OCC2. The molecule has 0 amide bonds. The van der Waals surface area contributed by atoms with Crippen LogP contribution in [0, 0.1) is 0 Å². The van der Waals surface area contributed by atoms with Crippen LogP contribution in [0.25, 0.3) is 0 Å². The van der Waals surface area contributed by atoms with Gasteiger partial charge in [0, 0.05) is 12.0 Å². The molecule has 0 saturated carbocycles. The number of hydrogen-bond acceptors (Lipinski definition) is 4. The molecule has 15 heavy (non-hydrogen) atoms. The Morgan fingerprint density at radius 2 is 2.07 bits per heavy atom. The third-order valence-electron chi connectivity index (χ3n) is 2.45. The Morgan fingerprint density at radius 1 is 1.33 bits per heavy atom. The first-order chi connectivity index (χ1) is 7.31. The smallest absolute Gasteiger partial charge is 0.204 e. The van der Waals surface area contributed by atoms with E-state index in [9.17, 15) is 4.79 Å².